The van der Waals surface area contributed by atoms with E-state index >= 15 is 0 Å². The molecule has 2 saturated heterocycles. The van der Waals surface area contributed by atoms with Crippen molar-refractivity contribution in [2.75, 3.05) is 27.3 Å². The van der Waals surface area contributed by atoms with Crippen LogP contribution in [-0.2, 0) is 25.5 Å². The molecule has 0 spiro atoms. The maximum Gasteiger partial charge on any atom is 0.407 e. The first-order chi connectivity index (χ1) is 30.4. The number of carbonyl (C=O) groups excluding carboxylic acids is 4. The van der Waals surface area contributed by atoms with Gasteiger partial charge in [0.15, 0.2) is 0 Å². The zero-order valence-corrected chi connectivity index (χ0v) is 36.9. The molecule has 2 aliphatic heterocycles. The molecule has 4 N–H and O–H groups in total. The lowest BCUT2D eigenvalue weighted by Gasteiger charge is -2.31. The number of benzene rings is 2. The van der Waals surface area contributed by atoms with Crippen molar-refractivity contribution in [1.82, 2.24) is 45.4 Å². The number of alkyl carbamates (subject to hydrolysis) is 2. The highest BCUT2D eigenvalue weighted by Gasteiger charge is 2.43. The van der Waals surface area contributed by atoms with E-state index in [0.717, 1.165) is 77.3 Å². The molecular weight excluding hydrogens is 799 g/mol. The Hall–Kier alpha value is -6.25. The number of pyridine rings is 1. The van der Waals surface area contributed by atoms with Crippen molar-refractivity contribution in [2.24, 2.45) is 17.8 Å². The number of imidazole rings is 2. The minimum absolute atomic E-state index is 0.108. The third kappa shape index (κ3) is 7.79. The Balaban J connectivity index is 0.946. The summed E-state index contributed by atoms with van der Waals surface area (Å²) >= 11 is 0. The fraction of sp³-hybridized carbons (Fsp3) is 0.479. The zero-order valence-electron chi connectivity index (χ0n) is 36.9. The largest absolute Gasteiger partial charge is 0.453 e. The molecular formula is C48H57N9O6. The number of ether oxygens (including phenoxy) is 2. The molecule has 9 rings (SSSR count). The van der Waals surface area contributed by atoms with Crippen LogP contribution in [-0.4, -0.2) is 98.1 Å². The summed E-state index contributed by atoms with van der Waals surface area (Å²) in [5.74, 6) is 2.14. The number of likely N-dealkylation sites (tertiary alicyclic amines) is 2. The fourth-order valence-electron chi connectivity index (χ4n) is 10.4. The Labute approximate surface area is 367 Å². The molecule has 6 atom stereocenters. The summed E-state index contributed by atoms with van der Waals surface area (Å²) in [4.78, 5) is 77.0. The Bertz CT molecular complexity index is 2550. The Morgan fingerprint density at radius 3 is 1.94 bits per heavy atom. The number of nitrogens with zero attached hydrogens (tertiary/aromatic N) is 5. The van der Waals surface area contributed by atoms with Gasteiger partial charge in [-0.3, -0.25) is 14.6 Å². The predicted molar refractivity (Wildman–Crippen MR) is 237 cm³/mol. The summed E-state index contributed by atoms with van der Waals surface area (Å²) in [5, 5.41) is 5.45. The number of rotatable bonds is 11. The Kier molecular flexibility index (Phi) is 11.4. The van der Waals surface area contributed by atoms with Crippen LogP contribution in [0, 0.1) is 17.8 Å². The number of hydrogen-bond acceptors (Lipinski definition) is 9. The number of carbonyl (C=O) groups is 4. The lowest BCUT2D eigenvalue weighted by molar-refractivity contribution is -0.136. The Morgan fingerprint density at radius 1 is 0.714 bits per heavy atom. The second-order valence-corrected chi connectivity index (χ2v) is 18.3. The second kappa shape index (κ2) is 17.1. The average Bonchev–Trinajstić information content (AvgIpc) is 4.13. The van der Waals surface area contributed by atoms with E-state index in [1.165, 1.54) is 49.3 Å². The van der Waals surface area contributed by atoms with Gasteiger partial charge >= 0.3 is 12.2 Å². The number of nitrogens with one attached hydrogen (secondary N) is 4. The topological polar surface area (TPSA) is 188 Å². The van der Waals surface area contributed by atoms with Gasteiger partial charge in [0.05, 0.1) is 54.9 Å². The predicted octanol–water partition coefficient (Wildman–Crippen LogP) is 7.82. The van der Waals surface area contributed by atoms with Gasteiger partial charge in [-0.25, -0.2) is 19.6 Å². The quantitative estimate of drug-likeness (QED) is 0.103. The van der Waals surface area contributed by atoms with Gasteiger partial charge in [0.2, 0.25) is 11.8 Å². The maximum atomic E-state index is 13.8. The van der Waals surface area contributed by atoms with E-state index in [1.807, 2.05) is 43.7 Å². The third-order valence-corrected chi connectivity index (χ3v) is 13.9. The summed E-state index contributed by atoms with van der Waals surface area (Å²) in [6, 6.07) is 13.2. The summed E-state index contributed by atoms with van der Waals surface area (Å²) in [6.45, 7) is 8.84. The molecule has 2 aromatic carbocycles. The standard InChI is InChI=1S/C48H57N9O6/c1-25(2)41(54-47(60)62-5)45(58)56-19-7-9-38(56)43-50-24-37(53-43)29-13-17-34(49-23-29)32-16-15-30(33-21-27-11-14-31(27)40(32)33)28-12-18-35-36(22-28)52-44(51-35)39-10-8-20-57(39)46(59)42(26(3)4)55-48(61)63-6/h12-13,15-18,22-27,31,38-39,41-42H,7-11,14,19-21H2,1-6H3,(H,50,53)(H,51,52)(H,54,60)(H,55,61). The molecule has 15 heteroatoms. The van der Waals surface area contributed by atoms with Crippen molar-refractivity contribution in [1.29, 1.82) is 0 Å². The minimum Gasteiger partial charge on any atom is -0.453 e. The van der Waals surface area contributed by atoms with Gasteiger partial charge in [-0.15, -0.1) is 0 Å². The number of fused-ring (bicyclic) bond motifs is 4. The number of H-pyrrole nitrogens is 2. The normalized spacial score (nSPS) is 21.3. The molecule has 63 heavy (non-hydrogen) atoms. The van der Waals surface area contributed by atoms with Crippen molar-refractivity contribution in [2.45, 2.75) is 103 Å². The molecule has 3 aromatic heterocycles. The fourth-order valence-corrected chi connectivity index (χ4v) is 10.4. The van der Waals surface area contributed by atoms with Crippen molar-refractivity contribution in [3.05, 3.63) is 77.6 Å². The first kappa shape index (κ1) is 42.1. The van der Waals surface area contributed by atoms with E-state index < -0.39 is 24.3 Å². The van der Waals surface area contributed by atoms with Crippen molar-refractivity contribution in [3.63, 3.8) is 0 Å². The van der Waals surface area contributed by atoms with Crippen molar-refractivity contribution in [3.8, 4) is 33.6 Å². The van der Waals surface area contributed by atoms with Crippen molar-refractivity contribution >= 4 is 35.0 Å². The zero-order chi connectivity index (χ0) is 44.1. The van der Waals surface area contributed by atoms with E-state index in [1.54, 1.807) is 6.20 Å². The van der Waals surface area contributed by atoms with Gasteiger partial charge in [0, 0.05) is 30.4 Å². The lowest BCUT2D eigenvalue weighted by atomic mass is 9.73. The molecule has 0 radical (unpaired) electrons. The highest BCUT2D eigenvalue weighted by molar-refractivity contribution is 5.88. The minimum atomic E-state index is -0.695. The molecule has 4 amide bonds. The summed E-state index contributed by atoms with van der Waals surface area (Å²) in [7, 11) is 2.60. The number of aromatic nitrogens is 5. The van der Waals surface area contributed by atoms with Crippen LogP contribution in [0.3, 0.4) is 0 Å². The highest BCUT2D eigenvalue weighted by atomic mass is 16.5. The second-order valence-electron chi connectivity index (χ2n) is 18.3. The monoisotopic (exact) mass is 855 g/mol. The van der Waals surface area contributed by atoms with Gasteiger partial charge in [0.1, 0.15) is 23.7 Å². The number of hydrogen-bond donors (Lipinski definition) is 4. The first-order valence-electron chi connectivity index (χ1n) is 22.4. The number of methoxy groups -OCH3 is 2. The maximum absolute atomic E-state index is 13.8. The Morgan fingerprint density at radius 2 is 1.35 bits per heavy atom. The lowest BCUT2D eigenvalue weighted by Crippen LogP contribution is -2.51. The molecule has 6 unspecified atom stereocenters. The van der Waals surface area contributed by atoms with E-state index in [9.17, 15) is 19.2 Å². The van der Waals surface area contributed by atoms with Gasteiger partial charge in [-0.1, -0.05) is 45.9 Å². The molecule has 15 nitrogen and oxygen atoms in total. The molecule has 4 aliphatic rings. The number of amides is 4. The van der Waals surface area contributed by atoms with Crippen LogP contribution in [0.4, 0.5) is 9.59 Å². The van der Waals surface area contributed by atoms with Gasteiger partial charge in [-0.05, 0) is 115 Å². The van der Waals surface area contributed by atoms with E-state index in [4.69, 9.17) is 24.4 Å². The van der Waals surface area contributed by atoms with Crippen LogP contribution in [0.2, 0.25) is 0 Å². The summed E-state index contributed by atoms with van der Waals surface area (Å²) < 4.78 is 9.60. The van der Waals surface area contributed by atoms with Gasteiger partial charge in [-0.2, -0.15) is 0 Å². The summed E-state index contributed by atoms with van der Waals surface area (Å²) in [5.41, 5.74) is 10.8. The number of aromatic amines is 2. The SMILES string of the molecule is COC(=O)NC(C(=O)N1CCCC1c1ncc(-c2ccc(-c3ccc(-c4ccc5nc(C6CCCN6C(=O)C(NC(=O)OC)C(C)C)[nH]c5c4)c4c3C3CCC3C4)nc2)[nH]1)C(C)C. The third-order valence-electron chi connectivity index (χ3n) is 13.9. The molecule has 5 heterocycles. The van der Waals surface area contributed by atoms with Crippen LogP contribution < -0.4 is 10.6 Å². The summed E-state index contributed by atoms with van der Waals surface area (Å²) in [6.07, 6.45) is 9.16. The van der Waals surface area contributed by atoms with Gasteiger partial charge in [0.25, 0.3) is 0 Å². The molecule has 5 aromatic rings. The van der Waals surface area contributed by atoms with Crippen LogP contribution in [0.1, 0.15) is 107 Å². The van der Waals surface area contributed by atoms with Crippen LogP contribution >= 0.6 is 0 Å². The first-order valence-corrected chi connectivity index (χ1v) is 22.4. The molecule has 330 valence electrons. The highest BCUT2D eigenvalue weighted by Crippen LogP contribution is 2.56. The molecule has 3 fully saturated rings. The van der Waals surface area contributed by atoms with Crippen molar-refractivity contribution < 1.29 is 28.7 Å². The van der Waals surface area contributed by atoms with E-state index in [-0.39, 0.29) is 35.7 Å². The average molecular weight is 856 g/mol. The molecule has 0 bridgehead atoms. The van der Waals surface area contributed by atoms with Crippen LogP contribution in [0.5, 0.6) is 0 Å². The van der Waals surface area contributed by atoms with Crippen LogP contribution in [0.25, 0.3) is 44.7 Å². The smallest absolute Gasteiger partial charge is 0.407 e. The molecule has 1 saturated carbocycles. The van der Waals surface area contributed by atoms with E-state index in [2.05, 4.69) is 63.1 Å². The van der Waals surface area contributed by atoms with E-state index in [0.29, 0.717) is 24.9 Å². The van der Waals surface area contributed by atoms with Gasteiger partial charge < -0.3 is 39.9 Å². The molecule has 2 aliphatic carbocycles. The van der Waals surface area contributed by atoms with Crippen LogP contribution in [0.15, 0.2) is 54.9 Å².